The first-order valence-corrected chi connectivity index (χ1v) is 5.90. The van der Waals surface area contributed by atoms with Crippen LogP contribution in [0.2, 0.25) is 0 Å². The van der Waals surface area contributed by atoms with Crippen LogP contribution in [0.1, 0.15) is 30.4 Å². The van der Waals surface area contributed by atoms with Crippen molar-refractivity contribution in [3.8, 4) is 0 Å². The molecule has 0 bridgehead atoms. The van der Waals surface area contributed by atoms with Gasteiger partial charge in [0.1, 0.15) is 0 Å². The Balaban J connectivity index is 1.78. The summed E-state index contributed by atoms with van der Waals surface area (Å²) < 4.78 is 0. The minimum Gasteiger partial charge on any atom is -0.324 e. The van der Waals surface area contributed by atoms with Crippen LogP contribution in [0.4, 0.5) is 5.69 Å². The third-order valence-electron chi connectivity index (χ3n) is 3.60. The van der Waals surface area contributed by atoms with Gasteiger partial charge in [-0.05, 0) is 55.4 Å². The van der Waals surface area contributed by atoms with E-state index >= 15 is 0 Å². The number of anilines is 1. The van der Waals surface area contributed by atoms with Gasteiger partial charge in [-0.1, -0.05) is 6.07 Å². The molecule has 1 amide bonds. The maximum absolute atomic E-state index is 11.8. The lowest BCUT2D eigenvalue weighted by Crippen LogP contribution is -2.37. The Bertz CT molecular complexity index is 449. The highest BCUT2D eigenvalue weighted by atomic mass is 16.2. The summed E-state index contributed by atoms with van der Waals surface area (Å²) in [6.45, 7) is 0. The fraction of sp³-hybridized carbons (Fsp3) is 0.462. The number of nitrogens with two attached hydrogens (primary N) is 1. The van der Waals surface area contributed by atoms with Crippen LogP contribution < -0.4 is 11.1 Å². The van der Waals surface area contributed by atoms with Gasteiger partial charge in [-0.15, -0.1) is 0 Å². The van der Waals surface area contributed by atoms with E-state index in [2.05, 4.69) is 17.4 Å². The average molecular weight is 216 g/mol. The smallest absolute Gasteiger partial charge is 0.244 e. The van der Waals surface area contributed by atoms with Gasteiger partial charge in [0.25, 0.3) is 0 Å². The summed E-state index contributed by atoms with van der Waals surface area (Å²) in [5, 5.41) is 2.91. The lowest BCUT2D eigenvalue weighted by molar-refractivity contribution is -0.118. The molecule has 0 radical (unpaired) electrons. The van der Waals surface area contributed by atoms with Crippen molar-refractivity contribution < 1.29 is 4.79 Å². The molecule has 3 rings (SSSR count). The molecule has 3 nitrogen and oxygen atoms in total. The zero-order valence-electron chi connectivity index (χ0n) is 9.25. The van der Waals surface area contributed by atoms with Gasteiger partial charge in [0.05, 0.1) is 5.54 Å². The molecule has 1 aromatic carbocycles. The van der Waals surface area contributed by atoms with Gasteiger partial charge in [-0.2, -0.15) is 0 Å². The number of nitrogens with one attached hydrogen (secondary N) is 1. The van der Waals surface area contributed by atoms with E-state index in [1.54, 1.807) is 0 Å². The molecule has 1 aromatic rings. The van der Waals surface area contributed by atoms with Gasteiger partial charge in [0.15, 0.2) is 0 Å². The summed E-state index contributed by atoms with van der Waals surface area (Å²) in [5.74, 6) is -0.0366. The monoisotopic (exact) mass is 216 g/mol. The van der Waals surface area contributed by atoms with E-state index in [1.165, 1.54) is 24.0 Å². The summed E-state index contributed by atoms with van der Waals surface area (Å²) >= 11 is 0. The minimum atomic E-state index is -0.584. The maximum atomic E-state index is 11.8. The maximum Gasteiger partial charge on any atom is 0.244 e. The first kappa shape index (κ1) is 9.85. The molecular weight excluding hydrogens is 200 g/mol. The zero-order chi connectivity index (χ0) is 11.2. The molecule has 0 aliphatic heterocycles. The standard InChI is InChI=1S/C13H16N2O/c14-13(6-7-13)12(16)15-11-5-4-9-2-1-3-10(9)8-11/h4-5,8H,1-3,6-7,14H2,(H,15,16). The average Bonchev–Trinajstić information content (AvgIpc) is 2.87. The second-order valence-electron chi connectivity index (χ2n) is 4.95. The van der Waals surface area contributed by atoms with Gasteiger partial charge < -0.3 is 11.1 Å². The van der Waals surface area contributed by atoms with Crippen molar-refractivity contribution in [3.05, 3.63) is 29.3 Å². The van der Waals surface area contributed by atoms with Crippen molar-refractivity contribution in [1.82, 2.24) is 0 Å². The Morgan fingerprint density at radius 1 is 1.25 bits per heavy atom. The number of hydrogen-bond donors (Lipinski definition) is 2. The van der Waals surface area contributed by atoms with E-state index < -0.39 is 5.54 Å². The largest absolute Gasteiger partial charge is 0.324 e. The molecule has 0 saturated heterocycles. The summed E-state index contributed by atoms with van der Waals surface area (Å²) in [6.07, 6.45) is 5.15. The molecule has 0 spiro atoms. The molecule has 0 heterocycles. The van der Waals surface area contributed by atoms with Crippen molar-refractivity contribution >= 4 is 11.6 Å². The Morgan fingerprint density at radius 2 is 2.00 bits per heavy atom. The highest BCUT2D eigenvalue weighted by Gasteiger charge is 2.45. The highest BCUT2D eigenvalue weighted by molar-refractivity contribution is 6.00. The zero-order valence-corrected chi connectivity index (χ0v) is 9.25. The molecular formula is C13H16N2O. The van der Waals surface area contributed by atoms with Crippen molar-refractivity contribution in [2.24, 2.45) is 5.73 Å². The molecule has 16 heavy (non-hydrogen) atoms. The fourth-order valence-corrected chi connectivity index (χ4v) is 2.27. The molecule has 2 aliphatic rings. The van der Waals surface area contributed by atoms with Gasteiger partial charge in [0, 0.05) is 5.69 Å². The van der Waals surface area contributed by atoms with Crippen LogP contribution in [0.15, 0.2) is 18.2 Å². The number of benzene rings is 1. The molecule has 0 unspecified atom stereocenters. The van der Waals surface area contributed by atoms with E-state index in [0.29, 0.717) is 0 Å². The van der Waals surface area contributed by atoms with Crippen LogP contribution in [0.5, 0.6) is 0 Å². The number of rotatable bonds is 2. The van der Waals surface area contributed by atoms with E-state index in [-0.39, 0.29) is 5.91 Å². The molecule has 1 fully saturated rings. The summed E-state index contributed by atoms with van der Waals surface area (Å²) in [7, 11) is 0. The number of carbonyl (C=O) groups is 1. The molecule has 3 N–H and O–H groups in total. The third kappa shape index (κ3) is 1.61. The Labute approximate surface area is 95.0 Å². The predicted octanol–water partition coefficient (Wildman–Crippen LogP) is 1.61. The normalized spacial score (nSPS) is 20.3. The fourth-order valence-electron chi connectivity index (χ4n) is 2.27. The van der Waals surface area contributed by atoms with Gasteiger partial charge in [0.2, 0.25) is 5.91 Å². The molecule has 2 aliphatic carbocycles. The first-order chi connectivity index (χ1) is 7.67. The number of aryl methyl sites for hydroxylation is 2. The topological polar surface area (TPSA) is 55.1 Å². The minimum absolute atomic E-state index is 0.0366. The van der Waals surface area contributed by atoms with Crippen molar-refractivity contribution in [1.29, 1.82) is 0 Å². The van der Waals surface area contributed by atoms with Gasteiger partial charge >= 0.3 is 0 Å². The lowest BCUT2D eigenvalue weighted by Gasteiger charge is -2.11. The molecule has 1 saturated carbocycles. The van der Waals surface area contributed by atoms with Crippen LogP contribution in [-0.4, -0.2) is 11.4 Å². The summed E-state index contributed by atoms with van der Waals surface area (Å²) in [4.78, 5) is 11.8. The quantitative estimate of drug-likeness (QED) is 0.789. The van der Waals surface area contributed by atoms with Crippen LogP contribution in [-0.2, 0) is 17.6 Å². The third-order valence-corrected chi connectivity index (χ3v) is 3.60. The second-order valence-corrected chi connectivity index (χ2v) is 4.95. The molecule has 84 valence electrons. The second kappa shape index (κ2) is 3.32. The van der Waals surface area contributed by atoms with E-state index in [9.17, 15) is 4.79 Å². The SMILES string of the molecule is NC1(C(=O)Nc2ccc3c(c2)CCC3)CC1. The van der Waals surface area contributed by atoms with Crippen LogP contribution in [0.3, 0.4) is 0 Å². The predicted molar refractivity (Wildman–Crippen MR) is 63.2 cm³/mol. The van der Waals surface area contributed by atoms with Gasteiger partial charge in [-0.3, -0.25) is 4.79 Å². The van der Waals surface area contributed by atoms with Crippen molar-refractivity contribution in [2.45, 2.75) is 37.6 Å². The number of fused-ring (bicyclic) bond motifs is 1. The number of amides is 1. The van der Waals surface area contributed by atoms with Crippen LogP contribution in [0, 0.1) is 0 Å². The molecule has 0 aromatic heterocycles. The first-order valence-electron chi connectivity index (χ1n) is 5.90. The number of carbonyl (C=O) groups excluding carboxylic acids is 1. The lowest BCUT2D eigenvalue weighted by atomic mass is 10.1. The Morgan fingerprint density at radius 3 is 2.75 bits per heavy atom. The van der Waals surface area contributed by atoms with Crippen molar-refractivity contribution in [2.75, 3.05) is 5.32 Å². The molecule has 0 atom stereocenters. The Kier molecular flexibility index (Phi) is 2.04. The van der Waals surface area contributed by atoms with Gasteiger partial charge in [-0.25, -0.2) is 0 Å². The van der Waals surface area contributed by atoms with Crippen LogP contribution >= 0.6 is 0 Å². The Hall–Kier alpha value is -1.35. The van der Waals surface area contributed by atoms with E-state index in [4.69, 9.17) is 5.73 Å². The highest BCUT2D eigenvalue weighted by Crippen LogP contribution is 2.33. The molecule has 3 heteroatoms. The van der Waals surface area contributed by atoms with Crippen LogP contribution in [0.25, 0.3) is 0 Å². The van der Waals surface area contributed by atoms with Crippen molar-refractivity contribution in [3.63, 3.8) is 0 Å². The number of hydrogen-bond acceptors (Lipinski definition) is 2. The summed E-state index contributed by atoms with van der Waals surface area (Å²) in [5.41, 5.74) is 8.94. The summed E-state index contributed by atoms with van der Waals surface area (Å²) in [6, 6.07) is 6.19. The van der Waals surface area contributed by atoms with E-state index in [0.717, 1.165) is 24.9 Å². The van der Waals surface area contributed by atoms with E-state index in [1.807, 2.05) is 6.07 Å².